The number of hydrogen-bond donors (Lipinski definition) is 1. The minimum atomic E-state index is -4.13. The molecule has 0 saturated heterocycles. The quantitative estimate of drug-likeness (QED) is 0.786. The second-order valence-electron chi connectivity index (χ2n) is 5.19. The van der Waals surface area contributed by atoms with Gasteiger partial charge in [-0.3, -0.25) is 4.68 Å². The lowest BCUT2D eigenvalue weighted by Crippen LogP contribution is -2.33. The SMILES string of the molecule is CCCNC(CCC(F)(F)F)Cc1c(Cl)c(CC)nn1C. The summed E-state index contributed by atoms with van der Waals surface area (Å²) in [6.45, 7) is 4.63. The zero-order valence-corrected chi connectivity index (χ0v) is 13.5. The molecular formula is C14H23ClF3N3. The minimum Gasteiger partial charge on any atom is -0.314 e. The van der Waals surface area contributed by atoms with Crippen LogP contribution in [-0.4, -0.2) is 28.5 Å². The second kappa shape index (κ2) is 8.03. The zero-order chi connectivity index (χ0) is 16.0. The van der Waals surface area contributed by atoms with E-state index in [-0.39, 0.29) is 12.5 Å². The van der Waals surface area contributed by atoms with E-state index in [0.29, 0.717) is 24.4 Å². The van der Waals surface area contributed by atoms with Gasteiger partial charge in [0.2, 0.25) is 0 Å². The predicted octanol–water partition coefficient (Wildman–Crippen LogP) is 3.89. The Morgan fingerprint density at radius 2 is 2.00 bits per heavy atom. The Bertz CT molecular complexity index is 443. The van der Waals surface area contributed by atoms with Gasteiger partial charge in [-0.05, 0) is 25.8 Å². The van der Waals surface area contributed by atoms with Gasteiger partial charge in [0.25, 0.3) is 0 Å². The van der Waals surface area contributed by atoms with Crippen LogP contribution in [0.4, 0.5) is 13.2 Å². The summed E-state index contributed by atoms with van der Waals surface area (Å²) in [5.41, 5.74) is 1.59. The molecule has 0 radical (unpaired) electrons. The summed E-state index contributed by atoms with van der Waals surface area (Å²) in [7, 11) is 1.78. The molecule has 1 N–H and O–H groups in total. The van der Waals surface area contributed by atoms with Gasteiger partial charge >= 0.3 is 6.18 Å². The van der Waals surface area contributed by atoms with Crippen LogP contribution in [0.25, 0.3) is 0 Å². The highest BCUT2D eigenvalue weighted by Crippen LogP contribution is 2.26. The molecule has 21 heavy (non-hydrogen) atoms. The number of aryl methyl sites for hydroxylation is 2. The van der Waals surface area contributed by atoms with E-state index in [4.69, 9.17) is 11.6 Å². The Morgan fingerprint density at radius 1 is 1.33 bits per heavy atom. The van der Waals surface area contributed by atoms with Crippen molar-refractivity contribution < 1.29 is 13.2 Å². The normalized spacial score (nSPS) is 13.7. The van der Waals surface area contributed by atoms with Crippen molar-refractivity contribution in [1.82, 2.24) is 15.1 Å². The maximum Gasteiger partial charge on any atom is 0.389 e. The lowest BCUT2D eigenvalue weighted by molar-refractivity contribution is -0.136. The van der Waals surface area contributed by atoms with Crippen LogP contribution in [0.1, 0.15) is 44.5 Å². The van der Waals surface area contributed by atoms with Gasteiger partial charge in [-0.1, -0.05) is 25.4 Å². The fourth-order valence-electron chi connectivity index (χ4n) is 2.24. The molecule has 1 rings (SSSR count). The lowest BCUT2D eigenvalue weighted by Gasteiger charge is -2.19. The van der Waals surface area contributed by atoms with Crippen molar-refractivity contribution in [2.24, 2.45) is 7.05 Å². The fourth-order valence-corrected chi connectivity index (χ4v) is 2.61. The lowest BCUT2D eigenvalue weighted by atomic mass is 10.0. The van der Waals surface area contributed by atoms with Crippen molar-refractivity contribution in [3.05, 3.63) is 16.4 Å². The molecule has 0 aliphatic carbocycles. The first kappa shape index (κ1) is 18.3. The van der Waals surface area contributed by atoms with Crippen molar-refractivity contribution in [3.63, 3.8) is 0 Å². The van der Waals surface area contributed by atoms with Crippen molar-refractivity contribution in [2.75, 3.05) is 6.54 Å². The van der Waals surface area contributed by atoms with Crippen LogP contribution >= 0.6 is 11.6 Å². The molecule has 0 aliphatic rings. The summed E-state index contributed by atoms with van der Waals surface area (Å²) in [5, 5.41) is 8.06. The Morgan fingerprint density at radius 3 is 2.48 bits per heavy atom. The summed E-state index contributed by atoms with van der Waals surface area (Å²) in [5.74, 6) is 0. The smallest absolute Gasteiger partial charge is 0.314 e. The van der Waals surface area contributed by atoms with Crippen molar-refractivity contribution in [1.29, 1.82) is 0 Å². The van der Waals surface area contributed by atoms with E-state index in [9.17, 15) is 13.2 Å². The molecule has 0 amide bonds. The standard InChI is InChI=1S/C14H23ClF3N3/c1-4-8-19-10(6-7-14(16,17)18)9-12-13(15)11(5-2)20-21(12)3/h10,19H,4-9H2,1-3H3. The van der Waals surface area contributed by atoms with Crippen LogP contribution in [0.5, 0.6) is 0 Å². The predicted molar refractivity (Wildman–Crippen MR) is 78.7 cm³/mol. The molecule has 7 heteroatoms. The third-order valence-corrected chi connectivity index (χ3v) is 3.84. The molecule has 0 aromatic carbocycles. The highest BCUT2D eigenvalue weighted by atomic mass is 35.5. The molecule has 0 fully saturated rings. The maximum atomic E-state index is 12.4. The monoisotopic (exact) mass is 325 g/mol. The Kier molecular flexibility index (Phi) is 7.00. The number of rotatable bonds is 8. The molecule has 1 aromatic rings. The van der Waals surface area contributed by atoms with E-state index in [1.54, 1.807) is 11.7 Å². The number of aromatic nitrogens is 2. The Labute approximate surface area is 128 Å². The van der Waals surface area contributed by atoms with Gasteiger partial charge in [-0.25, -0.2) is 0 Å². The van der Waals surface area contributed by atoms with Crippen molar-refractivity contribution in [2.45, 2.75) is 58.2 Å². The fraction of sp³-hybridized carbons (Fsp3) is 0.786. The van der Waals surface area contributed by atoms with Gasteiger partial charge in [0.1, 0.15) is 0 Å². The summed E-state index contributed by atoms with van der Waals surface area (Å²) in [6, 6.07) is -0.246. The zero-order valence-electron chi connectivity index (χ0n) is 12.7. The van der Waals surface area contributed by atoms with Gasteiger partial charge in [0.15, 0.2) is 0 Å². The summed E-state index contributed by atoms with van der Waals surface area (Å²) in [4.78, 5) is 0. The van der Waals surface area contributed by atoms with Gasteiger partial charge in [-0.2, -0.15) is 18.3 Å². The van der Waals surface area contributed by atoms with Crippen LogP contribution in [0.15, 0.2) is 0 Å². The third-order valence-electron chi connectivity index (χ3n) is 3.40. The molecule has 1 unspecified atom stereocenters. The summed E-state index contributed by atoms with van der Waals surface area (Å²) in [6.07, 6.45) is -2.82. The first-order valence-corrected chi connectivity index (χ1v) is 7.66. The van der Waals surface area contributed by atoms with E-state index in [1.165, 1.54) is 0 Å². The number of nitrogens with zero attached hydrogens (tertiary/aromatic N) is 2. The maximum absolute atomic E-state index is 12.4. The first-order chi connectivity index (χ1) is 9.78. The van der Waals surface area contributed by atoms with Crippen LogP contribution in [0.3, 0.4) is 0 Å². The minimum absolute atomic E-state index is 0.0481. The molecule has 122 valence electrons. The topological polar surface area (TPSA) is 29.9 Å². The van der Waals surface area contributed by atoms with Gasteiger partial charge in [0.05, 0.1) is 16.4 Å². The molecule has 0 spiro atoms. The van der Waals surface area contributed by atoms with E-state index in [2.05, 4.69) is 10.4 Å². The Balaban J connectivity index is 2.78. The molecule has 0 bridgehead atoms. The first-order valence-electron chi connectivity index (χ1n) is 7.28. The second-order valence-corrected chi connectivity index (χ2v) is 5.57. The van der Waals surface area contributed by atoms with Crippen LogP contribution in [-0.2, 0) is 19.9 Å². The van der Waals surface area contributed by atoms with Crippen LogP contribution < -0.4 is 5.32 Å². The van der Waals surface area contributed by atoms with Crippen LogP contribution in [0.2, 0.25) is 5.02 Å². The summed E-state index contributed by atoms with van der Waals surface area (Å²) >= 11 is 6.26. The molecule has 1 aromatic heterocycles. The molecular weight excluding hydrogens is 303 g/mol. The third kappa shape index (κ3) is 5.87. The Hall–Kier alpha value is -0.750. The van der Waals surface area contributed by atoms with Gasteiger partial charge in [0, 0.05) is 25.9 Å². The van der Waals surface area contributed by atoms with Gasteiger partial charge < -0.3 is 5.32 Å². The van der Waals surface area contributed by atoms with Crippen LogP contribution in [0, 0.1) is 0 Å². The average Bonchev–Trinajstić information content (AvgIpc) is 2.67. The summed E-state index contributed by atoms with van der Waals surface area (Å²) < 4.78 is 38.9. The number of nitrogens with one attached hydrogen (secondary N) is 1. The molecule has 0 aliphatic heterocycles. The number of hydrogen-bond acceptors (Lipinski definition) is 2. The average molecular weight is 326 g/mol. The van der Waals surface area contributed by atoms with E-state index < -0.39 is 12.6 Å². The molecule has 1 atom stereocenters. The van der Waals surface area contributed by atoms with Crippen molar-refractivity contribution >= 4 is 11.6 Å². The largest absolute Gasteiger partial charge is 0.389 e. The molecule has 0 saturated carbocycles. The number of alkyl halides is 3. The molecule has 3 nitrogen and oxygen atoms in total. The highest BCUT2D eigenvalue weighted by Gasteiger charge is 2.29. The number of halogens is 4. The molecule has 1 heterocycles. The van der Waals surface area contributed by atoms with E-state index >= 15 is 0 Å². The highest BCUT2D eigenvalue weighted by molar-refractivity contribution is 6.31. The van der Waals surface area contributed by atoms with E-state index in [0.717, 1.165) is 17.8 Å². The van der Waals surface area contributed by atoms with Crippen molar-refractivity contribution in [3.8, 4) is 0 Å². The van der Waals surface area contributed by atoms with E-state index in [1.807, 2.05) is 13.8 Å². The van der Waals surface area contributed by atoms with Gasteiger partial charge in [-0.15, -0.1) is 0 Å².